The second-order valence-corrected chi connectivity index (χ2v) is 9.51. The molecule has 10 heteroatoms. The monoisotopic (exact) mass is 458 g/mol. The SMILES string of the molecule is CCn1nnc(C(CC)(c2ccc(Cl)cc2)n2ccc3c(NS(C)(=O)=O)cccc32)n1. The van der Waals surface area contributed by atoms with Crippen molar-refractivity contribution in [1.82, 2.24) is 24.8 Å². The number of rotatable bonds is 7. The summed E-state index contributed by atoms with van der Waals surface area (Å²) in [5.41, 5.74) is 1.56. The number of aromatic nitrogens is 5. The van der Waals surface area contributed by atoms with E-state index in [1.807, 2.05) is 55.6 Å². The number of hydrogen-bond donors (Lipinski definition) is 1. The zero-order valence-corrected chi connectivity index (χ0v) is 19.0. The first kappa shape index (κ1) is 21.3. The summed E-state index contributed by atoms with van der Waals surface area (Å²) >= 11 is 6.16. The Morgan fingerprint density at radius 3 is 2.45 bits per heavy atom. The first-order valence-electron chi connectivity index (χ1n) is 9.91. The molecule has 1 atom stereocenters. The third-order valence-electron chi connectivity index (χ3n) is 5.38. The molecule has 0 saturated carbocycles. The van der Waals surface area contributed by atoms with Gasteiger partial charge in [-0.15, -0.1) is 10.2 Å². The number of nitrogens with zero attached hydrogens (tertiary/aromatic N) is 5. The molecular weight excluding hydrogens is 436 g/mol. The Balaban J connectivity index is 2.01. The summed E-state index contributed by atoms with van der Waals surface area (Å²) < 4.78 is 28.4. The molecule has 8 nitrogen and oxygen atoms in total. The highest BCUT2D eigenvalue weighted by atomic mass is 35.5. The van der Waals surface area contributed by atoms with Crippen LogP contribution in [0.2, 0.25) is 5.02 Å². The average molecular weight is 459 g/mol. The van der Waals surface area contributed by atoms with Crippen LogP contribution in [0.25, 0.3) is 10.9 Å². The van der Waals surface area contributed by atoms with Crippen molar-refractivity contribution < 1.29 is 8.42 Å². The van der Waals surface area contributed by atoms with E-state index in [0.717, 1.165) is 22.7 Å². The fourth-order valence-electron chi connectivity index (χ4n) is 3.97. The van der Waals surface area contributed by atoms with Gasteiger partial charge in [0.15, 0.2) is 0 Å². The Bertz CT molecular complexity index is 1330. The van der Waals surface area contributed by atoms with E-state index in [0.29, 0.717) is 29.5 Å². The molecule has 0 radical (unpaired) electrons. The van der Waals surface area contributed by atoms with Gasteiger partial charge in [-0.2, -0.15) is 4.80 Å². The fourth-order valence-corrected chi connectivity index (χ4v) is 4.67. The smallest absolute Gasteiger partial charge is 0.229 e. The highest BCUT2D eigenvalue weighted by Gasteiger charge is 2.40. The van der Waals surface area contributed by atoms with Crippen molar-refractivity contribution >= 4 is 38.2 Å². The molecule has 162 valence electrons. The second-order valence-electron chi connectivity index (χ2n) is 7.32. The molecule has 2 aromatic heterocycles. The van der Waals surface area contributed by atoms with E-state index in [2.05, 4.69) is 31.6 Å². The fraction of sp³-hybridized carbons (Fsp3) is 0.286. The summed E-state index contributed by atoms with van der Waals surface area (Å²) in [5, 5.41) is 14.6. The van der Waals surface area contributed by atoms with Crippen LogP contribution in [0.15, 0.2) is 54.7 Å². The Kier molecular flexibility index (Phi) is 5.49. The third-order valence-corrected chi connectivity index (χ3v) is 6.22. The Hall–Kier alpha value is -2.91. The Labute approximate surface area is 185 Å². The first-order valence-corrected chi connectivity index (χ1v) is 12.2. The van der Waals surface area contributed by atoms with Gasteiger partial charge in [-0.05, 0) is 54.5 Å². The minimum absolute atomic E-state index is 0.519. The van der Waals surface area contributed by atoms with Gasteiger partial charge in [0.25, 0.3) is 0 Å². The van der Waals surface area contributed by atoms with Gasteiger partial charge in [0.05, 0.1) is 24.0 Å². The van der Waals surface area contributed by atoms with Crippen molar-refractivity contribution in [2.45, 2.75) is 32.4 Å². The lowest BCUT2D eigenvalue weighted by Gasteiger charge is -2.33. The van der Waals surface area contributed by atoms with Crippen LogP contribution in [-0.4, -0.2) is 39.4 Å². The summed E-state index contributed by atoms with van der Waals surface area (Å²) in [7, 11) is -3.42. The summed E-state index contributed by atoms with van der Waals surface area (Å²) in [4.78, 5) is 1.55. The molecule has 2 aromatic carbocycles. The summed E-state index contributed by atoms with van der Waals surface area (Å²) in [5.74, 6) is 0.554. The molecule has 0 aliphatic carbocycles. The zero-order valence-electron chi connectivity index (χ0n) is 17.4. The predicted molar refractivity (Wildman–Crippen MR) is 122 cm³/mol. The van der Waals surface area contributed by atoms with Crippen LogP contribution in [0, 0.1) is 0 Å². The summed E-state index contributed by atoms with van der Waals surface area (Å²) in [6, 6.07) is 15.0. The lowest BCUT2D eigenvalue weighted by molar-refractivity contribution is 0.400. The largest absolute Gasteiger partial charge is 0.330 e. The van der Waals surface area contributed by atoms with Crippen LogP contribution in [0.3, 0.4) is 0 Å². The molecule has 1 unspecified atom stereocenters. The van der Waals surface area contributed by atoms with Gasteiger partial charge in [0.1, 0.15) is 5.54 Å². The van der Waals surface area contributed by atoms with E-state index in [4.69, 9.17) is 11.6 Å². The molecule has 0 bridgehead atoms. The third kappa shape index (κ3) is 3.79. The maximum absolute atomic E-state index is 11.9. The van der Waals surface area contributed by atoms with Crippen LogP contribution < -0.4 is 4.72 Å². The zero-order chi connectivity index (χ0) is 22.2. The van der Waals surface area contributed by atoms with Crippen LogP contribution in [0.1, 0.15) is 31.7 Å². The lowest BCUT2D eigenvalue weighted by Crippen LogP contribution is -2.36. The molecule has 0 amide bonds. The summed E-state index contributed by atoms with van der Waals surface area (Å²) in [6.45, 7) is 4.61. The molecular formula is C21H23ClN6O2S. The van der Waals surface area contributed by atoms with Gasteiger partial charge in [0, 0.05) is 16.6 Å². The van der Waals surface area contributed by atoms with Gasteiger partial charge >= 0.3 is 0 Å². The number of fused-ring (bicyclic) bond motifs is 1. The molecule has 0 saturated heterocycles. The van der Waals surface area contributed by atoms with E-state index >= 15 is 0 Å². The first-order chi connectivity index (χ1) is 14.8. The number of hydrogen-bond acceptors (Lipinski definition) is 5. The van der Waals surface area contributed by atoms with Crippen molar-refractivity contribution in [3.05, 3.63) is 71.1 Å². The number of sulfonamides is 1. The molecule has 4 rings (SSSR count). The molecule has 0 aliphatic rings. The maximum atomic E-state index is 11.9. The number of halogens is 1. The van der Waals surface area contributed by atoms with Crippen molar-refractivity contribution in [3.63, 3.8) is 0 Å². The normalized spacial score (nSPS) is 13.9. The quantitative estimate of drug-likeness (QED) is 0.453. The molecule has 31 heavy (non-hydrogen) atoms. The number of nitrogens with one attached hydrogen (secondary N) is 1. The van der Waals surface area contributed by atoms with E-state index < -0.39 is 15.6 Å². The Morgan fingerprint density at radius 2 is 1.84 bits per heavy atom. The molecule has 4 aromatic rings. The molecule has 0 aliphatic heterocycles. The number of tetrazole rings is 1. The predicted octanol–water partition coefficient (Wildman–Crippen LogP) is 3.87. The lowest BCUT2D eigenvalue weighted by atomic mass is 9.85. The van der Waals surface area contributed by atoms with E-state index in [-0.39, 0.29) is 0 Å². The number of benzene rings is 2. The van der Waals surface area contributed by atoms with E-state index in [9.17, 15) is 8.42 Å². The molecule has 2 heterocycles. The minimum atomic E-state index is -3.42. The van der Waals surface area contributed by atoms with Crippen molar-refractivity contribution in [1.29, 1.82) is 0 Å². The number of aryl methyl sites for hydroxylation is 1. The van der Waals surface area contributed by atoms with Crippen molar-refractivity contribution in [2.24, 2.45) is 0 Å². The maximum Gasteiger partial charge on any atom is 0.229 e. The average Bonchev–Trinajstić information content (AvgIpc) is 3.38. The topological polar surface area (TPSA) is 94.7 Å². The molecule has 0 fully saturated rings. The molecule has 0 spiro atoms. The van der Waals surface area contributed by atoms with Gasteiger partial charge in [0.2, 0.25) is 15.8 Å². The van der Waals surface area contributed by atoms with Gasteiger partial charge in [-0.1, -0.05) is 36.7 Å². The highest BCUT2D eigenvalue weighted by molar-refractivity contribution is 7.92. The van der Waals surface area contributed by atoms with E-state index in [1.165, 1.54) is 0 Å². The van der Waals surface area contributed by atoms with Crippen LogP contribution >= 0.6 is 11.6 Å². The summed E-state index contributed by atoms with van der Waals surface area (Å²) in [6.07, 6.45) is 3.71. The minimum Gasteiger partial charge on any atom is -0.330 e. The van der Waals surface area contributed by atoms with Crippen molar-refractivity contribution in [3.8, 4) is 0 Å². The molecule has 1 N–H and O–H groups in total. The highest BCUT2D eigenvalue weighted by Crippen LogP contribution is 2.40. The van der Waals surface area contributed by atoms with Crippen molar-refractivity contribution in [2.75, 3.05) is 11.0 Å². The van der Waals surface area contributed by atoms with E-state index in [1.54, 1.807) is 10.9 Å². The number of anilines is 1. The van der Waals surface area contributed by atoms with Gasteiger partial charge in [-0.25, -0.2) is 8.42 Å². The Morgan fingerprint density at radius 1 is 1.10 bits per heavy atom. The van der Waals surface area contributed by atoms with Crippen LogP contribution in [0.5, 0.6) is 0 Å². The standard InChI is InChI=1S/C21H23ClN6O2S/c1-4-21(15-9-11-16(22)12-10-15,20-23-26-28(5-2)24-20)27-14-13-17-18(25-31(3,29)30)7-6-8-19(17)27/h6-14,25H,4-5H2,1-3H3. The van der Waals surface area contributed by atoms with Crippen LogP contribution in [0.4, 0.5) is 5.69 Å². The van der Waals surface area contributed by atoms with Gasteiger partial charge in [-0.3, -0.25) is 4.72 Å². The van der Waals surface area contributed by atoms with Gasteiger partial charge < -0.3 is 4.57 Å². The second kappa shape index (κ2) is 7.97. The van der Waals surface area contributed by atoms with Crippen LogP contribution in [-0.2, 0) is 22.1 Å².